The number of hydrogen-bond donors (Lipinski definition) is 2. The molecule has 11 nitrogen and oxygen atoms in total. The molecular weight excluding hydrogens is 484 g/mol. The number of aromatic nitrogens is 5. The molecule has 1 aliphatic rings. The molecule has 4 aromatic rings. The van der Waals surface area contributed by atoms with Crippen molar-refractivity contribution < 1.29 is 23.1 Å². The van der Waals surface area contributed by atoms with Crippen molar-refractivity contribution in [3.05, 3.63) is 83.4 Å². The Balaban J connectivity index is 1.41. The molecule has 36 heavy (non-hydrogen) atoms. The minimum Gasteiger partial charge on any atom is -0.495 e. The molecule has 0 amide bonds. The Morgan fingerprint density at radius 3 is 2.72 bits per heavy atom. The normalized spacial score (nSPS) is 17.2. The van der Waals surface area contributed by atoms with E-state index in [1.807, 2.05) is 6.20 Å². The number of rotatable bonds is 9. The molecule has 2 unspecified atom stereocenters. The Morgan fingerprint density at radius 2 is 2.00 bits per heavy atom. The number of hydrogen-bond acceptors (Lipinski definition) is 7. The molecule has 1 aliphatic carbocycles. The van der Waals surface area contributed by atoms with E-state index in [1.165, 1.54) is 19.4 Å². The number of para-hydroxylation sites is 1. The van der Waals surface area contributed by atoms with E-state index in [9.17, 15) is 18.3 Å². The topological polar surface area (TPSA) is 141 Å². The second-order valence-electron chi connectivity index (χ2n) is 8.57. The van der Waals surface area contributed by atoms with Gasteiger partial charge in [0.15, 0.2) is 0 Å². The number of carboxylic acids is 1. The zero-order valence-corrected chi connectivity index (χ0v) is 20.4. The molecule has 2 heterocycles. The van der Waals surface area contributed by atoms with Gasteiger partial charge in [0.2, 0.25) is 10.0 Å². The van der Waals surface area contributed by atoms with Crippen molar-refractivity contribution in [2.75, 3.05) is 7.11 Å². The molecule has 186 valence electrons. The summed E-state index contributed by atoms with van der Waals surface area (Å²) in [7, 11) is -0.621. The van der Waals surface area contributed by atoms with Crippen molar-refractivity contribution in [3.63, 3.8) is 0 Å². The zero-order valence-electron chi connectivity index (χ0n) is 19.6. The lowest BCUT2D eigenvalue weighted by Crippen LogP contribution is -2.23. The Morgan fingerprint density at radius 1 is 1.19 bits per heavy atom. The minimum atomic E-state index is -3.82. The predicted molar refractivity (Wildman–Crippen MR) is 129 cm³/mol. The fourth-order valence-corrected chi connectivity index (χ4v) is 5.53. The average molecular weight is 509 g/mol. The number of aromatic carboxylic acids is 1. The first-order valence-electron chi connectivity index (χ1n) is 11.2. The Kier molecular flexibility index (Phi) is 6.06. The van der Waals surface area contributed by atoms with Crippen LogP contribution in [0.2, 0.25) is 0 Å². The summed E-state index contributed by atoms with van der Waals surface area (Å²) in [5.74, 6) is -0.809. The third-order valence-corrected chi connectivity index (χ3v) is 7.60. The largest absolute Gasteiger partial charge is 0.495 e. The average Bonchev–Trinajstić information content (AvgIpc) is 3.32. The summed E-state index contributed by atoms with van der Waals surface area (Å²) < 4.78 is 36.7. The van der Waals surface area contributed by atoms with Gasteiger partial charge in [-0.3, -0.25) is 4.68 Å². The number of nitrogens with zero attached hydrogens (tertiary/aromatic N) is 5. The molecule has 2 N–H and O–H groups in total. The highest BCUT2D eigenvalue weighted by Crippen LogP contribution is 2.55. The highest BCUT2D eigenvalue weighted by Gasteiger charge is 2.46. The lowest BCUT2D eigenvalue weighted by Gasteiger charge is -2.12. The van der Waals surface area contributed by atoms with Crippen molar-refractivity contribution in [2.24, 2.45) is 7.05 Å². The quantitative estimate of drug-likeness (QED) is 0.351. The Labute approximate surface area is 207 Å². The van der Waals surface area contributed by atoms with Crippen LogP contribution in [0.3, 0.4) is 0 Å². The van der Waals surface area contributed by atoms with Gasteiger partial charge in [0.25, 0.3) is 0 Å². The maximum atomic E-state index is 12.9. The molecule has 2 aromatic carbocycles. The van der Waals surface area contributed by atoms with E-state index in [1.54, 1.807) is 58.9 Å². The molecule has 5 rings (SSSR count). The first-order valence-corrected chi connectivity index (χ1v) is 12.7. The van der Waals surface area contributed by atoms with Crippen molar-refractivity contribution in [1.82, 2.24) is 29.5 Å². The molecular formula is C24H24N6O5S. The van der Waals surface area contributed by atoms with Gasteiger partial charge >= 0.3 is 5.97 Å². The zero-order chi connectivity index (χ0) is 25.4. The number of aryl methyl sites for hydroxylation is 1. The standard InChI is InChI=1S/C24H24N6O5S/c1-29-14-20(27-28-29)17-11-18(17)23-19(24(31)32)13-25-30(23)16-7-5-6-15(10-16)12-26-36(33,34)22-9-4-3-8-21(22)35-2/h3-10,13-14,17-18,26H,11-12H2,1-2H3,(H,31,32). The van der Waals surface area contributed by atoms with Gasteiger partial charge in [0.05, 0.1) is 30.4 Å². The van der Waals surface area contributed by atoms with Crippen LogP contribution in [0.15, 0.2) is 65.8 Å². The van der Waals surface area contributed by atoms with E-state index in [-0.39, 0.29) is 34.6 Å². The number of methoxy groups -OCH3 is 1. The number of nitrogens with one attached hydrogen (secondary N) is 1. The summed E-state index contributed by atoms with van der Waals surface area (Å²) in [6, 6.07) is 13.5. The third kappa shape index (κ3) is 4.48. The summed E-state index contributed by atoms with van der Waals surface area (Å²) >= 11 is 0. The van der Waals surface area contributed by atoms with Gasteiger partial charge < -0.3 is 9.84 Å². The van der Waals surface area contributed by atoms with Crippen LogP contribution >= 0.6 is 0 Å². The van der Waals surface area contributed by atoms with E-state index in [0.29, 0.717) is 16.9 Å². The molecule has 2 aromatic heterocycles. The predicted octanol–water partition coefficient (Wildman–Crippen LogP) is 2.46. The van der Waals surface area contributed by atoms with Gasteiger partial charge in [0, 0.05) is 31.6 Å². The van der Waals surface area contributed by atoms with E-state index in [4.69, 9.17) is 4.74 Å². The number of ether oxygens (including phenoxy) is 1. The number of carbonyl (C=O) groups is 1. The van der Waals surface area contributed by atoms with Crippen molar-refractivity contribution in [3.8, 4) is 11.4 Å². The Bertz CT molecular complexity index is 1540. The van der Waals surface area contributed by atoms with Gasteiger partial charge in [-0.1, -0.05) is 29.5 Å². The minimum absolute atomic E-state index is 0.0300. The molecule has 2 atom stereocenters. The monoisotopic (exact) mass is 508 g/mol. The second-order valence-corrected chi connectivity index (χ2v) is 10.3. The number of carboxylic acid groups (broad SMARTS) is 1. The number of sulfonamides is 1. The van der Waals surface area contributed by atoms with Crippen molar-refractivity contribution >= 4 is 16.0 Å². The van der Waals surface area contributed by atoms with E-state index in [0.717, 1.165) is 12.1 Å². The molecule has 1 fully saturated rings. The van der Waals surface area contributed by atoms with Gasteiger partial charge in [-0.05, 0) is 36.2 Å². The molecule has 0 aliphatic heterocycles. The van der Waals surface area contributed by atoms with Crippen LogP contribution < -0.4 is 9.46 Å². The SMILES string of the molecule is COc1ccccc1S(=O)(=O)NCc1cccc(-n2ncc(C(=O)O)c2C2CC2c2cn(C)nn2)c1. The number of benzene rings is 2. The third-order valence-electron chi connectivity index (χ3n) is 6.16. The lowest BCUT2D eigenvalue weighted by molar-refractivity contribution is 0.0695. The van der Waals surface area contributed by atoms with E-state index < -0.39 is 16.0 Å². The lowest BCUT2D eigenvalue weighted by atomic mass is 10.1. The van der Waals surface area contributed by atoms with Gasteiger partial charge in [-0.15, -0.1) is 5.10 Å². The highest BCUT2D eigenvalue weighted by molar-refractivity contribution is 7.89. The maximum absolute atomic E-state index is 12.9. The van der Waals surface area contributed by atoms with Gasteiger partial charge in [0.1, 0.15) is 16.2 Å². The first-order chi connectivity index (χ1) is 17.3. The summed E-state index contributed by atoms with van der Waals surface area (Å²) in [6.07, 6.45) is 3.92. The summed E-state index contributed by atoms with van der Waals surface area (Å²) in [5.41, 5.74) is 2.85. The Hall–Kier alpha value is -4.03. The van der Waals surface area contributed by atoms with Crippen LogP contribution in [0, 0.1) is 0 Å². The summed E-state index contributed by atoms with van der Waals surface area (Å²) in [4.78, 5) is 12.0. The van der Waals surface area contributed by atoms with E-state index in [2.05, 4.69) is 20.1 Å². The molecule has 1 saturated carbocycles. The summed E-state index contributed by atoms with van der Waals surface area (Å²) in [5, 5.41) is 22.3. The summed E-state index contributed by atoms with van der Waals surface area (Å²) in [6.45, 7) is 0.0300. The fourth-order valence-electron chi connectivity index (χ4n) is 4.34. The van der Waals surface area contributed by atoms with Crippen LogP contribution in [0.25, 0.3) is 5.69 Å². The molecule has 0 radical (unpaired) electrons. The van der Waals surface area contributed by atoms with Crippen LogP contribution in [0.5, 0.6) is 5.75 Å². The van der Waals surface area contributed by atoms with Crippen molar-refractivity contribution in [2.45, 2.75) is 29.7 Å². The van der Waals surface area contributed by atoms with Crippen LogP contribution in [-0.2, 0) is 23.6 Å². The first kappa shape index (κ1) is 23.7. The maximum Gasteiger partial charge on any atom is 0.339 e. The molecule has 0 saturated heterocycles. The van der Waals surface area contributed by atoms with Crippen LogP contribution in [-0.4, -0.2) is 51.4 Å². The van der Waals surface area contributed by atoms with Gasteiger partial charge in [-0.25, -0.2) is 22.6 Å². The second kappa shape index (κ2) is 9.21. The van der Waals surface area contributed by atoms with Crippen molar-refractivity contribution in [1.29, 1.82) is 0 Å². The van der Waals surface area contributed by atoms with Gasteiger partial charge in [-0.2, -0.15) is 5.10 Å². The fraction of sp³-hybridized carbons (Fsp3) is 0.250. The smallest absolute Gasteiger partial charge is 0.339 e. The van der Waals surface area contributed by atoms with Crippen LogP contribution in [0.1, 0.15) is 45.6 Å². The molecule has 0 bridgehead atoms. The molecule has 0 spiro atoms. The van der Waals surface area contributed by atoms with Crippen LogP contribution in [0.4, 0.5) is 0 Å². The highest BCUT2D eigenvalue weighted by atomic mass is 32.2. The van der Waals surface area contributed by atoms with E-state index >= 15 is 0 Å². The molecule has 12 heteroatoms.